The van der Waals surface area contributed by atoms with Gasteiger partial charge < -0.3 is 43.8 Å². The predicted octanol–water partition coefficient (Wildman–Crippen LogP) is -2.62. The first-order valence-electron chi connectivity index (χ1n) is 4.51. The summed E-state index contributed by atoms with van der Waals surface area (Å²) in [5.41, 5.74) is 5.44. The number of aromatic nitrogens is 3. The predicted molar refractivity (Wildman–Crippen MR) is 76.6 cm³/mol. The zero-order valence-corrected chi connectivity index (χ0v) is 12.1. The molecule has 0 aliphatic carbocycles. The molecule has 1 fully saturated rings. The van der Waals surface area contributed by atoms with Crippen molar-refractivity contribution in [1.82, 2.24) is 33.4 Å². The average Bonchev–Trinajstić information content (AvgIpc) is 2.96. The fourth-order valence-corrected chi connectivity index (χ4v) is 0.876. The van der Waals surface area contributed by atoms with Gasteiger partial charge >= 0.3 is 7.82 Å². The van der Waals surface area contributed by atoms with Crippen LogP contribution in [-0.2, 0) is 4.57 Å². The van der Waals surface area contributed by atoms with Gasteiger partial charge in [0.25, 0.3) is 5.95 Å². The lowest BCUT2D eigenvalue weighted by molar-refractivity contribution is 0.275. The van der Waals surface area contributed by atoms with Crippen molar-refractivity contribution in [3.8, 4) is 0 Å². The van der Waals surface area contributed by atoms with Crippen molar-refractivity contribution < 1.29 is 19.2 Å². The Kier molecular flexibility index (Phi) is 10.8. The van der Waals surface area contributed by atoms with E-state index < -0.39 is 7.82 Å². The SMILES string of the molecule is N.N.N.Nc1nc(N(N)N)nc(N2CC2)n1.O=P(O)(O)O. The van der Waals surface area contributed by atoms with Crippen LogP contribution in [0.2, 0.25) is 0 Å². The van der Waals surface area contributed by atoms with Crippen LogP contribution in [0.25, 0.3) is 0 Å². The molecular weight excluding hydrogens is 309 g/mol. The Morgan fingerprint density at radius 2 is 1.48 bits per heavy atom. The Morgan fingerprint density at radius 3 is 1.81 bits per heavy atom. The average molecular weight is 331 g/mol. The summed E-state index contributed by atoms with van der Waals surface area (Å²) in [7, 11) is -4.64. The van der Waals surface area contributed by atoms with Gasteiger partial charge in [-0.2, -0.15) is 15.0 Å². The molecule has 0 radical (unpaired) electrons. The van der Waals surface area contributed by atoms with E-state index in [9.17, 15) is 0 Å². The Hall–Kier alpha value is -1.68. The molecule has 1 aliphatic heterocycles. The van der Waals surface area contributed by atoms with E-state index in [1.807, 2.05) is 4.90 Å². The third-order valence-electron chi connectivity index (χ3n) is 1.59. The van der Waals surface area contributed by atoms with Gasteiger partial charge in [0.1, 0.15) is 0 Å². The van der Waals surface area contributed by atoms with Crippen molar-refractivity contribution in [2.45, 2.75) is 0 Å². The summed E-state index contributed by atoms with van der Waals surface area (Å²) in [5.74, 6) is 11.3. The molecule has 0 spiro atoms. The quantitative estimate of drug-likeness (QED) is 0.116. The lowest BCUT2D eigenvalue weighted by Gasteiger charge is -2.10. The monoisotopic (exact) mass is 331 g/mol. The highest BCUT2D eigenvalue weighted by Gasteiger charge is 2.22. The Bertz CT molecular complexity index is 433. The molecule has 0 amide bonds. The van der Waals surface area contributed by atoms with E-state index in [2.05, 4.69) is 15.0 Å². The van der Waals surface area contributed by atoms with Crippen molar-refractivity contribution in [2.75, 3.05) is 28.8 Å². The number of anilines is 3. The smallest absolute Gasteiger partial charge is 0.368 e. The van der Waals surface area contributed by atoms with Gasteiger partial charge in [0.15, 0.2) is 0 Å². The molecule has 1 aromatic heterocycles. The van der Waals surface area contributed by atoms with Crippen molar-refractivity contribution in [3.05, 3.63) is 0 Å². The van der Waals surface area contributed by atoms with E-state index in [1.165, 1.54) is 0 Å². The number of rotatable bonds is 2. The topological polar surface area (TPSA) is 306 Å². The second-order valence-electron chi connectivity index (χ2n) is 3.20. The molecule has 16 heteroatoms. The number of nitrogens with two attached hydrogens (primary N) is 3. The Labute approximate surface area is 120 Å². The molecule has 1 saturated heterocycles. The van der Waals surface area contributed by atoms with Crippen LogP contribution in [0.3, 0.4) is 0 Å². The maximum absolute atomic E-state index is 8.88. The van der Waals surface area contributed by atoms with Gasteiger partial charge in [-0.3, -0.25) is 0 Å². The molecule has 1 aromatic rings. The Balaban J connectivity index is -0.000000360. The summed E-state index contributed by atoms with van der Waals surface area (Å²) in [5, 5.41) is 0.811. The molecule has 0 aromatic carbocycles. The second-order valence-corrected chi connectivity index (χ2v) is 4.23. The number of nitrogen functional groups attached to an aromatic ring is 1. The summed E-state index contributed by atoms with van der Waals surface area (Å²) in [6.45, 7) is 1.86. The van der Waals surface area contributed by atoms with E-state index in [0.29, 0.717) is 5.95 Å². The number of phosphoric acid groups is 1. The zero-order valence-electron chi connectivity index (χ0n) is 11.2. The van der Waals surface area contributed by atoms with E-state index in [0.717, 1.165) is 18.2 Å². The van der Waals surface area contributed by atoms with Crippen molar-refractivity contribution in [2.24, 2.45) is 11.7 Å². The molecule has 0 bridgehead atoms. The van der Waals surface area contributed by atoms with Crippen LogP contribution >= 0.6 is 7.82 Å². The molecule has 2 heterocycles. The van der Waals surface area contributed by atoms with Gasteiger partial charge in [-0.1, -0.05) is 0 Å². The summed E-state index contributed by atoms with van der Waals surface area (Å²) in [6.07, 6.45) is 0. The maximum atomic E-state index is 8.88. The van der Waals surface area contributed by atoms with Crippen molar-refractivity contribution in [3.63, 3.8) is 0 Å². The van der Waals surface area contributed by atoms with Crippen LogP contribution in [0.15, 0.2) is 0 Å². The highest BCUT2D eigenvalue weighted by atomic mass is 31.2. The molecule has 0 unspecified atom stereocenters. The van der Waals surface area contributed by atoms with Crippen molar-refractivity contribution in [1.29, 1.82) is 0 Å². The zero-order chi connectivity index (χ0) is 13.9. The molecule has 0 atom stereocenters. The van der Waals surface area contributed by atoms with E-state index >= 15 is 0 Å². The van der Waals surface area contributed by atoms with Gasteiger partial charge in [0.05, 0.1) is 0 Å². The highest BCUT2D eigenvalue weighted by Crippen LogP contribution is 2.25. The third kappa shape index (κ3) is 10.7. The number of hydrazine groups is 2. The minimum atomic E-state index is -4.64. The molecule has 2 rings (SSSR count). The first-order valence-corrected chi connectivity index (χ1v) is 6.07. The molecular formula is C5H22N11O4P. The third-order valence-corrected chi connectivity index (χ3v) is 1.59. The Morgan fingerprint density at radius 1 is 1.05 bits per heavy atom. The first kappa shape index (κ1) is 24.3. The normalized spacial score (nSPS) is 11.8. The van der Waals surface area contributed by atoms with Crippen LogP contribution in [0.4, 0.5) is 17.8 Å². The van der Waals surface area contributed by atoms with Crippen molar-refractivity contribution >= 4 is 25.7 Å². The van der Waals surface area contributed by atoms with E-state index in [-0.39, 0.29) is 30.3 Å². The van der Waals surface area contributed by atoms with Gasteiger partial charge in [-0.25, -0.2) is 21.4 Å². The van der Waals surface area contributed by atoms with Gasteiger partial charge in [0, 0.05) is 13.1 Å². The highest BCUT2D eigenvalue weighted by molar-refractivity contribution is 7.45. The minimum absolute atomic E-state index is 0. The van der Waals surface area contributed by atoms with Crippen LogP contribution in [0.5, 0.6) is 0 Å². The fraction of sp³-hybridized carbons (Fsp3) is 0.400. The number of nitrogens with zero attached hydrogens (tertiary/aromatic N) is 5. The van der Waals surface area contributed by atoms with E-state index in [1.54, 1.807) is 0 Å². The maximum Gasteiger partial charge on any atom is 0.466 e. The summed E-state index contributed by atoms with van der Waals surface area (Å²) in [6, 6.07) is 0. The molecule has 18 N–H and O–H groups in total. The fourth-order valence-electron chi connectivity index (χ4n) is 0.876. The van der Waals surface area contributed by atoms with E-state index in [4.69, 9.17) is 36.7 Å². The largest absolute Gasteiger partial charge is 0.466 e. The number of hydrogen-bond acceptors (Lipinski definition) is 12. The summed E-state index contributed by atoms with van der Waals surface area (Å²) < 4.78 is 8.88. The van der Waals surface area contributed by atoms with Crippen LogP contribution in [0, 0.1) is 0 Å². The summed E-state index contributed by atoms with van der Waals surface area (Å²) in [4.78, 5) is 35.1. The summed E-state index contributed by atoms with van der Waals surface area (Å²) >= 11 is 0. The standard InChI is InChI=1S/C5H10N8.3H3N.H3O4P/c6-3-9-4(12-1-2-12)11-5(10-3)13(7)8;;;;1-5(2,3)4/h1-2,7-8H2,(H2,6,9,10,11);3*1H3;(H3,1,2,3,4). The van der Waals surface area contributed by atoms with Crippen LogP contribution in [-0.4, -0.2) is 42.7 Å². The lowest BCUT2D eigenvalue weighted by atomic mass is 10.8. The van der Waals surface area contributed by atoms with Crippen LogP contribution < -0.4 is 45.9 Å². The molecule has 21 heavy (non-hydrogen) atoms. The van der Waals surface area contributed by atoms with Crippen LogP contribution in [0.1, 0.15) is 0 Å². The van der Waals surface area contributed by atoms with Gasteiger partial charge in [0.2, 0.25) is 11.9 Å². The molecule has 15 nitrogen and oxygen atoms in total. The second kappa shape index (κ2) is 9.29. The minimum Gasteiger partial charge on any atom is -0.368 e. The molecule has 0 saturated carbocycles. The van der Waals surface area contributed by atoms with Gasteiger partial charge in [-0.05, 0) is 0 Å². The van der Waals surface area contributed by atoms with Gasteiger partial charge in [-0.15, -0.1) is 0 Å². The lowest BCUT2D eigenvalue weighted by Crippen LogP contribution is -2.39. The molecule has 126 valence electrons. The number of hydrogen-bond donors (Lipinski definition) is 9. The first-order chi connectivity index (χ1) is 8.16. The molecule has 1 aliphatic rings.